The lowest BCUT2D eigenvalue weighted by Gasteiger charge is -2.06. The maximum atomic E-state index is 11.5. The minimum absolute atomic E-state index is 0.204. The Morgan fingerprint density at radius 1 is 1.10 bits per heavy atom. The third kappa shape index (κ3) is 6.22. The summed E-state index contributed by atoms with van der Waals surface area (Å²) in [6.07, 6.45) is 0.890. The lowest BCUT2D eigenvalue weighted by atomic mass is 10.2. The zero-order chi connectivity index (χ0) is 14.8. The SMILES string of the molecule is CCOC(=O)CCCC(=O)OCc1cccc(OC)c1. The molecule has 5 nitrogen and oxygen atoms in total. The summed E-state index contributed by atoms with van der Waals surface area (Å²) in [6.45, 7) is 2.31. The van der Waals surface area contributed by atoms with Crippen LogP contribution in [0.25, 0.3) is 0 Å². The highest BCUT2D eigenvalue weighted by Crippen LogP contribution is 2.13. The number of carbonyl (C=O) groups excluding carboxylic acids is 2. The Hall–Kier alpha value is -2.04. The van der Waals surface area contributed by atoms with Crippen molar-refractivity contribution in [3.05, 3.63) is 29.8 Å². The first-order chi connectivity index (χ1) is 9.65. The summed E-state index contributed by atoms with van der Waals surface area (Å²) in [6, 6.07) is 7.33. The summed E-state index contributed by atoms with van der Waals surface area (Å²) in [5.74, 6) is 0.117. The topological polar surface area (TPSA) is 61.8 Å². The summed E-state index contributed by atoms with van der Waals surface area (Å²) >= 11 is 0. The van der Waals surface area contributed by atoms with E-state index in [1.54, 1.807) is 14.0 Å². The van der Waals surface area contributed by atoms with Crippen LogP contribution in [0, 0.1) is 0 Å². The van der Waals surface area contributed by atoms with Crippen LogP contribution < -0.4 is 4.74 Å². The summed E-state index contributed by atoms with van der Waals surface area (Å²) < 4.78 is 15.0. The van der Waals surface area contributed by atoms with Crippen LogP contribution in [-0.4, -0.2) is 25.7 Å². The molecule has 0 saturated heterocycles. The highest BCUT2D eigenvalue weighted by atomic mass is 16.5. The molecule has 1 aromatic carbocycles. The van der Waals surface area contributed by atoms with E-state index in [9.17, 15) is 9.59 Å². The zero-order valence-electron chi connectivity index (χ0n) is 11.9. The Morgan fingerprint density at radius 2 is 1.80 bits per heavy atom. The van der Waals surface area contributed by atoms with Crippen molar-refractivity contribution in [2.24, 2.45) is 0 Å². The molecule has 5 heteroatoms. The van der Waals surface area contributed by atoms with Crippen molar-refractivity contribution >= 4 is 11.9 Å². The average molecular weight is 280 g/mol. The molecule has 0 N–H and O–H groups in total. The Morgan fingerprint density at radius 3 is 2.45 bits per heavy atom. The molecule has 0 saturated carbocycles. The van der Waals surface area contributed by atoms with Gasteiger partial charge < -0.3 is 14.2 Å². The third-order valence-electron chi connectivity index (χ3n) is 2.60. The number of ether oxygens (including phenoxy) is 3. The van der Waals surface area contributed by atoms with E-state index in [0.717, 1.165) is 11.3 Å². The van der Waals surface area contributed by atoms with Gasteiger partial charge in [-0.05, 0) is 31.0 Å². The van der Waals surface area contributed by atoms with Gasteiger partial charge in [0.15, 0.2) is 0 Å². The highest BCUT2D eigenvalue weighted by molar-refractivity contribution is 5.72. The summed E-state index contributed by atoms with van der Waals surface area (Å²) in [5, 5.41) is 0. The Balaban J connectivity index is 2.24. The number of hydrogen-bond donors (Lipinski definition) is 0. The molecule has 0 heterocycles. The second-order valence-electron chi connectivity index (χ2n) is 4.17. The van der Waals surface area contributed by atoms with Crippen molar-refractivity contribution < 1.29 is 23.8 Å². The van der Waals surface area contributed by atoms with E-state index in [1.165, 1.54) is 0 Å². The van der Waals surface area contributed by atoms with Gasteiger partial charge in [0.05, 0.1) is 13.7 Å². The number of rotatable bonds is 8. The summed E-state index contributed by atoms with van der Waals surface area (Å²) in [4.78, 5) is 22.6. The smallest absolute Gasteiger partial charge is 0.306 e. The van der Waals surface area contributed by atoms with Gasteiger partial charge in [0.1, 0.15) is 12.4 Å². The summed E-state index contributed by atoms with van der Waals surface area (Å²) in [5.41, 5.74) is 0.864. The molecule has 0 radical (unpaired) electrons. The van der Waals surface area contributed by atoms with Crippen molar-refractivity contribution in [2.75, 3.05) is 13.7 Å². The molecular formula is C15H20O5. The average Bonchev–Trinajstić information content (AvgIpc) is 2.45. The van der Waals surface area contributed by atoms with Gasteiger partial charge in [-0.1, -0.05) is 12.1 Å². The van der Waals surface area contributed by atoms with Crippen LogP contribution in [0.2, 0.25) is 0 Å². The molecular weight excluding hydrogens is 260 g/mol. The zero-order valence-corrected chi connectivity index (χ0v) is 11.9. The van der Waals surface area contributed by atoms with Crippen molar-refractivity contribution in [2.45, 2.75) is 32.8 Å². The fourth-order valence-corrected chi connectivity index (χ4v) is 1.61. The maximum Gasteiger partial charge on any atom is 0.306 e. The molecule has 0 aliphatic rings. The molecule has 0 aliphatic carbocycles. The van der Waals surface area contributed by atoms with E-state index < -0.39 is 0 Å². The number of hydrogen-bond acceptors (Lipinski definition) is 5. The standard InChI is InChI=1S/C15H20O5/c1-3-19-14(16)8-5-9-15(17)20-11-12-6-4-7-13(10-12)18-2/h4,6-7,10H,3,5,8-9,11H2,1-2H3. The van der Waals surface area contributed by atoms with Gasteiger partial charge in [-0.2, -0.15) is 0 Å². The Labute approximate surface area is 118 Å². The molecule has 0 bridgehead atoms. The molecule has 0 unspecified atom stereocenters. The van der Waals surface area contributed by atoms with E-state index in [1.807, 2.05) is 24.3 Å². The van der Waals surface area contributed by atoms with Crippen LogP contribution in [0.1, 0.15) is 31.7 Å². The molecule has 0 atom stereocenters. The second kappa shape index (κ2) is 8.96. The molecule has 0 aromatic heterocycles. The number of carbonyl (C=O) groups is 2. The van der Waals surface area contributed by atoms with Crippen molar-refractivity contribution in [3.8, 4) is 5.75 Å². The van der Waals surface area contributed by atoms with Crippen LogP contribution >= 0.6 is 0 Å². The van der Waals surface area contributed by atoms with Gasteiger partial charge in [-0.25, -0.2) is 0 Å². The van der Waals surface area contributed by atoms with Crippen LogP contribution in [0.15, 0.2) is 24.3 Å². The molecule has 0 aliphatic heterocycles. The van der Waals surface area contributed by atoms with Gasteiger partial charge in [0.25, 0.3) is 0 Å². The normalized spacial score (nSPS) is 9.90. The van der Waals surface area contributed by atoms with Crippen LogP contribution in [0.3, 0.4) is 0 Å². The van der Waals surface area contributed by atoms with E-state index in [-0.39, 0.29) is 31.4 Å². The first-order valence-corrected chi connectivity index (χ1v) is 6.60. The fraction of sp³-hybridized carbons (Fsp3) is 0.467. The van der Waals surface area contributed by atoms with Crippen molar-refractivity contribution in [1.82, 2.24) is 0 Å². The first kappa shape index (κ1) is 16.0. The van der Waals surface area contributed by atoms with Gasteiger partial charge in [0, 0.05) is 12.8 Å². The predicted octanol–water partition coefficient (Wildman–Crippen LogP) is 2.47. The minimum atomic E-state index is -0.322. The van der Waals surface area contributed by atoms with Crippen LogP contribution in [0.4, 0.5) is 0 Å². The third-order valence-corrected chi connectivity index (χ3v) is 2.60. The van der Waals surface area contributed by atoms with Gasteiger partial charge >= 0.3 is 11.9 Å². The fourth-order valence-electron chi connectivity index (χ4n) is 1.61. The minimum Gasteiger partial charge on any atom is -0.497 e. The van der Waals surface area contributed by atoms with Crippen LogP contribution in [-0.2, 0) is 25.7 Å². The van der Waals surface area contributed by atoms with Crippen molar-refractivity contribution in [3.63, 3.8) is 0 Å². The molecule has 1 aromatic rings. The Bertz CT molecular complexity index is 442. The first-order valence-electron chi connectivity index (χ1n) is 6.60. The lowest BCUT2D eigenvalue weighted by molar-refractivity contribution is -0.146. The molecule has 0 amide bonds. The van der Waals surface area contributed by atoms with E-state index in [0.29, 0.717) is 13.0 Å². The van der Waals surface area contributed by atoms with Crippen molar-refractivity contribution in [1.29, 1.82) is 0 Å². The predicted molar refractivity (Wildman–Crippen MR) is 73.3 cm³/mol. The highest BCUT2D eigenvalue weighted by Gasteiger charge is 2.07. The second-order valence-corrected chi connectivity index (χ2v) is 4.17. The van der Waals surface area contributed by atoms with E-state index in [4.69, 9.17) is 14.2 Å². The number of methoxy groups -OCH3 is 1. The quantitative estimate of drug-likeness (QED) is 0.684. The van der Waals surface area contributed by atoms with Gasteiger partial charge in [-0.15, -0.1) is 0 Å². The van der Waals surface area contributed by atoms with E-state index in [2.05, 4.69) is 0 Å². The molecule has 1 rings (SSSR count). The molecule has 0 spiro atoms. The molecule has 0 fully saturated rings. The monoisotopic (exact) mass is 280 g/mol. The van der Waals surface area contributed by atoms with Gasteiger partial charge in [-0.3, -0.25) is 9.59 Å². The van der Waals surface area contributed by atoms with Crippen LogP contribution in [0.5, 0.6) is 5.75 Å². The molecule has 20 heavy (non-hydrogen) atoms. The Kier molecular flexibility index (Phi) is 7.17. The number of esters is 2. The number of benzene rings is 1. The largest absolute Gasteiger partial charge is 0.497 e. The summed E-state index contributed by atoms with van der Waals surface area (Å²) in [7, 11) is 1.58. The van der Waals surface area contributed by atoms with Gasteiger partial charge in [0.2, 0.25) is 0 Å². The lowest BCUT2D eigenvalue weighted by Crippen LogP contribution is -2.08. The maximum absolute atomic E-state index is 11.5. The molecule has 110 valence electrons. The van der Waals surface area contributed by atoms with E-state index >= 15 is 0 Å².